The number of hydrogen-bond donors (Lipinski definition) is 2. The maximum Gasteiger partial charge on any atom is 0.268 e. The van der Waals surface area contributed by atoms with Crippen LogP contribution < -0.4 is 10.2 Å². The normalized spacial score (nSPS) is 14.9. The van der Waals surface area contributed by atoms with Gasteiger partial charge in [0, 0.05) is 6.42 Å². The Kier molecular flexibility index (Phi) is 38.9. The van der Waals surface area contributed by atoms with E-state index >= 15 is 0 Å². The summed E-state index contributed by atoms with van der Waals surface area (Å²) in [7, 11) is 1.24. The van der Waals surface area contributed by atoms with E-state index in [0.717, 1.165) is 77.0 Å². The lowest BCUT2D eigenvalue weighted by Crippen LogP contribution is -2.45. The van der Waals surface area contributed by atoms with Crippen LogP contribution in [0.5, 0.6) is 0 Å². The summed E-state index contributed by atoms with van der Waals surface area (Å²) in [4.78, 5) is 25.3. The van der Waals surface area contributed by atoms with Crippen LogP contribution in [0.2, 0.25) is 0 Å². The summed E-state index contributed by atoms with van der Waals surface area (Å²) in [6, 6.07) is -0.892. The second-order valence-corrected chi connectivity index (χ2v) is 18.1. The van der Waals surface area contributed by atoms with Crippen LogP contribution in [0, 0.1) is 0 Å². The third-order valence-electron chi connectivity index (χ3n) is 9.92. The van der Waals surface area contributed by atoms with Crippen LogP contribution >= 0.6 is 7.82 Å². The number of aliphatic hydroxyl groups is 1. The van der Waals surface area contributed by atoms with E-state index in [1.807, 2.05) is 27.2 Å². The second-order valence-electron chi connectivity index (χ2n) is 16.7. The van der Waals surface area contributed by atoms with Gasteiger partial charge in [-0.3, -0.25) is 9.36 Å². The summed E-state index contributed by atoms with van der Waals surface area (Å²) >= 11 is 0. The monoisotopic (exact) mass is 833 g/mol. The van der Waals surface area contributed by atoms with Crippen molar-refractivity contribution in [1.29, 1.82) is 0 Å². The van der Waals surface area contributed by atoms with E-state index in [0.29, 0.717) is 17.4 Å². The lowest BCUT2D eigenvalue weighted by atomic mass is 10.0. The zero-order chi connectivity index (χ0) is 42.8. The number of hydrogen-bond acceptors (Lipinski definition) is 6. The molecule has 0 aromatic heterocycles. The largest absolute Gasteiger partial charge is 0.756 e. The molecular formula is C49H89N2O6P. The van der Waals surface area contributed by atoms with Crippen LogP contribution in [-0.4, -0.2) is 68.5 Å². The molecule has 0 aromatic rings. The van der Waals surface area contributed by atoms with E-state index in [1.54, 1.807) is 6.08 Å². The van der Waals surface area contributed by atoms with Gasteiger partial charge in [-0.1, -0.05) is 183 Å². The Balaban J connectivity index is 4.28. The minimum absolute atomic E-state index is 0.00565. The lowest BCUT2D eigenvalue weighted by Gasteiger charge is -2.29. The minimum Gasteiger partial charge on any atom is -0.756 e. The van der Waals surface area contributed by atoms with Crippen LogP contribution in [0.4, 0.5) is 0 Å². The summed E-state index contributed by atoms with van der Waals surface area (Å²) in [6.45, 7) is 4.49. The number of phosphoric acid groups is 1. The predicted molar refractivity (Wildman–Crippen MR) is 247 cm³/mol. The van der Waals surface area contributed by atoms with Gasteiger partial charge in [-0.25, -0.2) is 0 Å². The van der Waals surface area contributed by atoms with Crippen molar-refractivity contribution in [3.63, 3.8) is 0 Å². The van der Waals surface area contributed by atoms with Gasteiger partial charge >= 0.3 is 0 Å². The number of aliphatic hydroxyl groups excluding tert-OH is 1. The van der Waals surface area contributed by atoms with Gasteiger partial charge in [-0.15, -0.1) is 0 Å². The molecule has 58 heavy (non-hydrogen) atoms. The Morgan fingerprint density at radius 2 is 1.05 bits per heavy atom. The van der Waals surface area contributed by atoms with E-state index < -0.39 is 20.0 Å². The standard InChI is InChI=1S/C49H89N2O6P/c1-6-8-10-12-14-16-18-19-20-21-22-23-24-25-26-27-28-29-30-31-33-35-37-39-41-43-49(53)50-47(46-57-58(54,55)56-45-44-51(3,4)5)48(52)42-40-38-36-34-32-17-15-13-11-9-7-2/h8,10,14,16,19-20,22-23,25-26,40,42,47-48,52H,6-7,9,11-13,15,17-18,21,24,27-39,41,43-46H2,1-5H3,(H-,50,53,54,55)/b10-8-,16-14-,20-19-,23-22-,26-25-,42-40+. The first kappa shape index (κ1) is 55.9. The van der Waals surface area contributed by atoms with E-state index in [9.17, 15) is 19.4 Å². The van der Waals surface area contributed by atoms with Crippen LogP contribution in [0.3, 0.4) is 0 Å². The van der Waals surface area contributed by atoms with Crippen molar-refractivity contribution in [3.8, 4) is 0 Å². The number of unbranched alkanes of at least 4 members (excludes halogenated alkanes) is 18. The summed E-state index contributed by atoms with van der Waals surface area (Å²) in [5.41, 5.74) is 0. The minimum atomic E-state index is -4.59. The highest BCUT2D eigenvalue weighted by Crippen LogP contribution is 2.38. The van der Waals surface area contributed by atoms with Crippen molar-refractivity contribution in [2.45, 2.75) is 193 Å². The van der Waals surface area contributed by atoms with Crippen molar-refractivity contribution in [2.75, 3.05) is 40.9 Å². The molecule has 0 heterocycles. The van der Waals surface area contributed by atoms with Crippen LogP contribution in [-0.2, 0) is 18.4 Å². The molecule has 0 spiro atoms. The Morgan fingerprint density at radius 3 is 1.53 bits per heavy atom. The molecule has 1 amide bonds. The molecule has 0 aliphatic rings. The van der Waals surface area contributed by atoms with Crippen molar-refractivity contribution >= 4 is 13.7 Å². The SMILES string of the molecule is CC/C=C\C/C=C\C/C=C\C/C=C\C/C=C\CCCCCCCCCCCC(=O)NC(COP(=O)([O-])OCC[N+](C)(C)C)C(O)/C=C/CCCCCCCCCCC. The quantitative estimate of drug-likeness (QED) is 0.0275. The molecular weight excluding hydrogens is 744 g/mol. The number of rotatable bonds is 41. The number of carbonyl (C=O) groups is 1. The van der Waals surface area contributed by atoms with Crippen molar-refractivity contribution in [3.05, 3.63) is 72.9 Å². The average Bonchev–Trinajstić information content (AvgIpc) is 3.17. The smallest absolute Gasteiger partial charge is 0.268 e. The fourth-order valence-electron chi connectivity index (χ4n) is 6.24. The van der Waals surface area contributed by atoms with Gasteiger partial charge in [0.15, 0.2) is 0 Å². The molecule has 3 atom stereocenters. The van der Waals surface area contributed by atoms with Gasteiger partial charge in [0.1, 0.15) is 13.2 Å². The van der Waals surface area contributed by atoms with Gasteiger partial charge in [0.25, 0.3) is 7.82 Å². The maximum atomic E-state index is 12.9. The van der Waals surface area contributed by atoms with Gasteiger partial charge in [0.2, 0.25) is 5.91 Å². The van der Waals surface area contributed by atoms with Gasteiger partial charge in [0.05, 0.1) is 39.9 Å². The summed E-state index contributed by atoms with van der Waals surface area (Å²) < 4.78 is 23.2. The van der Waals surface area contributed by atoms with E-state index in [4.69, 9.17) is 9.05 Å². The van der Waals surface area contributed by atoms with E-state index in [2.05, 4.69) is 79.9 Å². The van der Waals surface area contributed by atoms with Gasteiger partial charge < -0.3 is 28.8 Å². The Bertz CT molecular complexity index is 1170. The molecule has 8 nitrogen and oxygen atoms in total. The number of carbonyl (C=O) groups excluding carboxylic acids is 1. The molecule has 0 fully saturated rings. The van der Waals surface area contributed by atoms with E-state index in [-0.39, 0.29) is 19.1 Å². The first-order valence-electron chi connectivity index (χ1n) is 23.3. The topological polar surface area (TPSA) is 108 Å². The zero-order valence-corrected chi connectivity index (χ0v) is 38.9. The first-order valence-corrected chi connectivity index (χ1v) is 24.8. The Morgan fingerprint density at radius 1 is 0.621 bits per heavy atom. The molecule has 0 saturated heterocycles. The molecule has 0 aliphatic heterocycles. The summed E-state index contributed by atoms with van der Waals surface area (Å²) in [6.07, 6.45) is 53.8. The fraction of sp³-hybridized carbons (Fsp3) is 0.735. The molecule has 336 valence electrons. The molecule has 0 radical (unpaired) electrons. The van der Waals surface area contributed by atoms with Crippen molar-refractivity contribution in [1.82, 2.24) is 5.32 Å². The number of likely N-dealkylation sites (N-methyl/N-ethyl adjacent to an activating group) is 1. The number of allylic oxidation sites excluding steroid dienone is 11. The Labute approximate surface area is 357 Å². The molecule has 0 saturated carbocycles. The van der Waals surface area contributed by atoms with Crippen LogP contribution in [0.1, 0.15) is 181 Å². The lowest BCUT2D eigenvalue weighted by molar-refractivity contribution is -0.870. The summed E-state index contributed by atoms with van der Waals surface area (Å²) in [5, 5.41) is 13.7. The molecule has 3 unspecified atom stereocenters. The first-order chi connectivity index (χ1) is 28.0. The van der Waals surface area contributed by atoms with E-state index in [1.165, 1.54) is 83.5 Å². The maximum absolute atomic E-state index is 12.9. The van der Waals surface area contributed by atoms with Crippen molar-refractivity contribution < 1.29 is 32.9 Å². The second kappa shape index (κ2) is 40.4. The highest BCUT2D eigenvalue weighted by Gasteiger charge is 2.23. The average molecular weight is 833 g/mol. The summed E-state index contributed by atoms with van der Waals surface area (Å²) in [5.74, 6) is -0.209. The van der Waals surface area contributed by atoms with Crippen molar-refractivity contribution in [2.24, 2.45) is 0 Å². The molecule has 0 aromatic carbocycles. The number of amides is 1. The molecule has 0 bridgehead atoms. The molecule has 2 N–H and O–H groups in total. The highest BCUT2D eigenvalue weighted by atomic mass is 31.2. The Hall–Kier alpha value is -2.06. The molecule has 9 heteroatoms. The third-order valence-corrected chi connectivity index (χ3v) is 10.9. The third kappa shape index (κ3) is 42.1. The number of nitrogens with zero attached hydrogens (tertiary/aromatic N) is 1. The molecule has 0 aliphatic carbocycles. The number of quaternary nitrogens is 1. The highest BCUT2D eigenvalue weighted by molar-refractivity contribution is 7.45. The zero-order valence-electron chi connectivity index (χ0n) is 38.0. The predicted octanol–water partition coefficient (Wildman–Crippen LogP) is 12.6. The number of phosphoric ester groups is 1. The van der Waals surface area contributed by atoms with Crippen LogP contribution in [0.15, 0.2) is 72.9 Å². The molecule has 0 rings (SSSR count). The fourth-order valence-corrected chi connectivity index (χ4v) is 6.96. The number of nitrogens with one attached hydrogen (secondary N) is 1. The van der Waals surface area contributed by atoms with Gasteiger partial charge in [-0.2, -0.15) is 0 Å². The van der Waals surface area contributed by atoms with Gasteiger partial charge in [-0.05, 0) is 64.2 Å². The van der Waals surface area contributed by atoms with Crippen LogP contribution in [0.25, 0.3) is 0 Å².